The Labute approximate surface area is 145 Å². The number of nitrogens with zero attached hydrogens (tertiary/aromatic N) is 2. The van der Waals surface area contributed by atoms with Crippen molar-refractivity contribution >= 4 is 5.91 Å². The molecule has 2 heterocycles. The first-order valence-electron chi connectivity index (χ1n) is 9.32. The molecule has 2 fully saturated rings. The molecule has 132 valence electrons. The summed E-state index contributed by atoms with van der Waals surface area (Å²) in [6.07, 6.45) is 3.67. The molecule has 2 saturated heterocycles. The SMILES string of the molecule is CCN1C[C@H](c2ccccc2)CC2(CCN(C(=O)CCO)CC2)C1. The van der Waals surface area contributed by atoms with Gasteiger partial charge in [-0.3, -0.25) is 4.79 Å². The van der Waals surface area contributed by atoms with Crippen LogP contribution in [-0.2, 0) is 4.79 Å². The molecule has 1 atom stereocenters. The molecule has 24 heavy (non-hydrogen) atoms. The van der Waals surface area contributed by atoms with Crippen LogP contribution in [0.4, 0.5) is 0 Å². The number of aliphatic hydroxyl groups excluding tert-OH is 1. The van der Waals surface area contributed by atoms with Gasteiger partial charge in [-0.25, -0.2) is 0 Å². The second-order valence-corrected chi connectivity index (χ2v) is 7.49. The number of hydrogen-bond donors (Lipinski definition) is 1. The molecule has 1 N–H and O–H groups in total. The summed E-state index contributed by atoms with van der Waals surface area (Å²) in [4.78, 5) is 16.6. The van der Waals surface area contributed by atoms with Crippen LogP contribution >= 0.6 is 0 Å². The number of hydrogen-bond acceptors (Lipinski definition) is 3. The lowest BCUT2D eigenvalue weighted by Gasteiger charge is -2.50. The molecule has 4 heteroatoms. The maximum Gasteiger partial charge on any atom is 0.224 e. The zero-order valence-corrected chi connectivity index (χ0v) is 14.8. The van der Waals surface area contributed by atoms with Crippen LogP contribution in [0.25, 0.3) is 0 Å². The number of aliphatic hydroxyl groups is 1. The first-order chi connectivity index (χ1) is 11.7. The van der Waals surface area contributed by atoms with Gasteiger partial charge in [0.25, 0.3) is 0 Å². The minimum absolute atomic E-state index is 0.0415. The van der Waals surface area contributed by atoms with Crippen LogP contribution in [0.2, 0.25) is 0 Å². The molecular formula is C20H30N2O2. The second-order valence-electron chi connectivity index (χ2n) is 7.49. The Morgan fingerprint density at radius 3 is 2.58 bits per heavy atom. The lowest BCUT2D eigenvalue weighted by Crippen LogP contribution is -2.52. The smallest absolute Gasteiger partial charge is 0.224 e. The number of likely N-dealkylation sites (N-methyl/N-ethyl adjacent to an activating group) is 1. The average molecular weight is 330 g/mol. The van der Waals surface area contributed by atoms with E-state index in [1.165, 1.54) is 12.0 Å². The Kier molecular flexibility index (Phi) is 5.57. The monoisotopic (exact) mass is 330 g/mol. The van der Waals surface area contributed by atoms with Crippen LogP contribution in [0, 0.1) is 5.41 Å². The number of amides is 1. The molecule has 0 bridgehead atoms. The predicted molar refractivity (Wildman–Crippen MR) is 95.9 cm³/mol. The van der Waals surface area contributed by atoms with E-state index in [9.17, 15) is 4.79 Å². The molecular weight excluding hydrogens is 300 g/mol. The van der Waals surface area contributed by atoms with E-state index in [1.54, 1.807) is 0 Å². The van der Waals surface area contributed by atoms with Gasteiger partial charge >= 0.3 is 0 Å². The molecule has 1 amide bonds. The lowest BCUT2D eigenvalue weighted by atomic mass is 9.68. The number of piperidine rings is 2. The Balaban J connectivity index is 1.69. The van der Waals surface area contributed by atoms with Gasteiger partial charge in [-0.1, -0.05) is 37.3 Å². The second kappa shape index (κ2) is 7.66. The van der Waals surface area contributed by atoms with E-state index in [4.69, 9.17) is 5.11 Å². The summed E-state index contributed by atoms with van der Waals surface area (Å²) in [5.41, 5.74) is 1.79. The topological polar surface area (TPSA) is 43.8 Å². The van der Waals surface area contributed by atoms with Gasteiger partial charge in [0.2, 0.25) is 5.91 Å². The highest BCUT2D eigenvalue weighted by molar-refractivity contribution is 5.76. The molecule has 1 aromatic carbocycles. The molecule has 3 rings (SSSR count). The molecule has 0 aromatic heterocycles. The van der Waals surface area contributed by atoms with Crippen molar-refractivity contribution in [2.24, 2.45) is 5.41 Å². The van der Waals surface area contributed by atoms with Crippen molar-refractivity contribution in [2.45, 2.75) is 38.5 Å². The normalized spacial score (nSPS) is 24.2. The van der Waals surface area contributed by atoms with Gasteiger partial charge in [0.05, 0.1) is 6.61 Å². The van der Waals surface area contributed by atoms with Gasteiger partial charge < -0.3 is 14.9 Å². The van der Waals surface area contributed by atoms with Crippen molar-refractivity contribution in [1.29, 1.82) is 0 Å². The van der Waals surface area contributed by atoms with E-state index >= 15 is 0 Å². The largest absolute Gasteiger partial charge is 0.396 e. The summed E-state index contributed by atoms with van der Waals surface area (Å²) in [7, 11) is 0. The molecule has 0 saturated carbocycles. The van der Waals surface area contributed by atoms with E-state index in [1.807, 2.05) is 4.90 Å². The molecule has 2 aliphatic rings. The van der Waals surface area contributed by atoms with E-state index in [0.29, 0.717) is 11.3 Å². The summed E-state index contributed by atoms with van der Waals surface area (Å²) in [5.74, 6) is 0.703. The Morgan fingerprint density at radius 2 is 1.96 bits per heavy atom. The first-order valence-corrected chi connectivity index (χ1v) is 9.32. The Bertz CT molecular complexity index is 538. The number of carbonyl (C=O) groups excluding carboxylic acids is 1. The third-order valence-corrected chi connectivity index (χ3v) is 5.94. The molecule has 1 aromatic rings. The van der Waals surface area contributed by atoms with Crippen molar-refractivity contribution < 1.29 is 9.90 Å². The Hall–Kier alpha value is -1.39. The van der Waals surface area contributed by atoms with Crippen LogP contribution in [-0.4, -0.2) is 60.1 Å². The lowest BCUT2D eigenvalue weighted by molar-refractivity contribution is -0.135. The van der Waals surface area contributed by atoms with E-state index in [2.05, 4.69) is 42.2 Å². The number of rotatable bonds is 4. The van der Waals surface area contributed by atoms with Crippen molar-refractivity contribution in [2.75, 3.05) is 39.3 Å². The number of carbonyl (C=O) groups is 1. The maximum absolute atomic E-state index is 12.0. The third-order valence-electron chi connectivity index (χ3n) is 5.94. The van der Waals surface area contributed by atoms with Crippen molar-refractivity contribution in [1.82, 2.24) is 9.80 Å². The fraction of sp³-hybridized carbons (Fsp3) is 0.650. The first kappa shape index (κ1) is 17.4. The van der Waals surface area contributed by atoms with Gasteiger partial charge in [-0.15, -0.1) is 0 Å². The van der Waals surface area contributed by atoms with Crippen molar-refractivity contribution in [3.63, 3.8) is 0 Å². The van der Waals surface area contributed by atoms with Crippen LogP contribution in [0.3, 0.4) is 0 Å². The highest BCUT2D eigenvalue weighted by Crippen LogP contribution is 2.45. The van der Waals surface area contributed by atoms with Gasteiger partial charge in [0.1, 0.15) is 0 Å². The van der Waals surface area contributed by atoms with Crippen LogP contribution in [0.1, 0.15) is 44.1 Å². The van der Waals surface area contributed by atoms with Gasteiger partial charge in [0.15, 0.2) is 0 Å². The third kappa shape index (κ3) is 3.81. The van der Waals surface area contributed by atoms with Crippen LogP contribution < -0.4 is 0 Å². The summed E-state index contributed by atoms with van der Waals surface area (Å²) in [6.45, 7) is 7.31. The number of benzene rings is 1. The van der Waals surface area contributed by atoms with E-state index < -0.39 is 0 Å². The van der Waals surface area contributed by atoms with Crippen LogP contribution in [0.5, 0.6) is 0 Å². The van der Waals surface area contributed by atoms with Crippen LogP contribution in [0.15, 0.2) is 30.3 Å². The fourth-order valence-corrected chi connectivity index (χ4v) is 4.54. The molecule has 2 aliphatic heterocycles. The zero-order chi connectivity index (χ0) is 17.0. The summed E-state index contributed by atoms with van der Waals surface area (Å²) >= 11 is 0. The van der Waals surface area contributed by atoms with Crippen molar-refractivity contribution in [3.8, 4) is 0 Å². The maximum atomic E-state index is 12.0. The minimum atomic E-state index is -0.0415. The van der Waals surface area contributed by atoms with E-state index in [0.717, 1.165) is 45.6 Å². The average Bonchev–Trinajstić information content (AvgIpc) is 2.63. The standard InChI is InChI=1S/C20H30N2O2/c1-2-21-15-18(17-6-4-3-5-7-17)14-20(16-21)9-11-22(12-10-20)19(24)8-13-23/h3-7,18,23H,2,8-16H2,1H3/t18-/m1/s1. The van der Waals surface area contributed by atoms with E-state index in [-0.39, 0.29) is 18.9 Å². The van der Waals surface area contributed by atoms with Gasteiger partial charge in [0, 0.05) is 32.6 Å². The Morgan fingerprint density at radius 1 is 1.25 bits per heavy atom. The summed E-state index contributed by atoms with van der Waals surface area (Å²) in [6, 6.07) is 10.9. The molecule has 1 spiro atoms. The minimum Gasteiger partial charge on any atom is -0.396 e. The molecule has 0 radical (unpaired) electrons. The zero-order valence-electron chi connectivity index (χ0n) is 14.8. The van der Waals surface area contributed by atoms with Gasteiger partial charge in [-0.05, 0) is 42.7 Å². The van der Waals surface area contributed by atoms with Crippen molar-refractivity contribution in [3.05, 3.63) is 35.9 Å². The summed E-state index contributed by atoms with van der Waals surface area (Å²) in [5, 5.41) is 8.98. The highest BCUT2D eigenvalue weighted by atomic mass is 16.3. The molecule has 4 nitrogen and oxygen atoms in total. The number of likely N-dealkylation sites (tertiary alicyclic amines) is 2. The fourth-order valence-electron chi connectivity index (χ4n) is 4.54. The summed E-state index contributed by atoms with van der Waals surface area (Å²) < 4.78 is 0. The molecule has 0 aliphatic carbocycles. The predicted octanol–water partition coefficient (Wildman–Crippen LogP) is 2.49. The molecule has 0 unspecified atom stereocenters. The van der Waals surface area contributed by atoms with Gasteiger partial charge in [-0.2, -0.15) is 0 Å². The quantitative estimate of drug-likeness (QED) is 0.922. The highest BCUT2D eigenvalue weighted by Gasteiger charge is 2.42.